The van der Waals surface area contributed by atoms with Crippen molar-refractivity contribution in [3.63, 3.8) is 0 Å². The van der Waals surface area contributed by atoms with E-state index < -0.39 is 17.4 Å². The molecule has 3 nitrogen and oxygen atoms in total. The minimum absolute atomic E-state index is 0.145. The van der Waals surface area contributed by atoms with E-state index in [1.54, 1.807) is 20.8 Å². The predicted molar refractivity (Wildman–Crippen MR) is 58.1 cm³/mol. The fourth-order valence-corrected chi connectivity index (χ4v) is 1.14. The predicted octanol–water partition coefficient (Wildman–Crippen LogP) is 2.79. The molecule has 0 radical (unpaired) electrons. The first-order valence-corrected chi connectivity index (χ1v) is 4.90. The van der Waals surface area contributed by atoms with E-state index in [9.17, 15) is 9.18 Å². The molecule has 0 aromatic heterocycles. The van der Waals surface area contributed by atoms with Crippen LogP contribution in [-0.4, -0.2) is 18.7 Å². The molecule has 0 aliphatic heterocycles. The number of benzene rings is 1. The van der Waals surface area contributed by atoms with E-state index in [0.29, 0.717) is 5.75 Å². The van der Waals surface area contributed by atoms with Gasteiger partial charge in [0, 0.05) is 6.07 Å². The van der Waals surface area contributed by atoms with Crippen molar-refractivity contribution >= 4 is 5.97 Å². The molecule has 16 heavy (non-hydrogen) atoms. The van der Waals surface area contributed by atoms with Crippen molar-refractivity contribution in [2.75, 3.05) is 7.11 Å². The molecule has 0 saturated heterocycles. The van der Waals surface area contributed by atoms with Crippen LogP contribution in [0.25, 0.3) is 0 Å². The minimum Gasteiger partial charge on any atom is -0.497 e. The summed E-state index contributed by atoms with van der Waals surface area (Å²) >= 11 is 0. The number of rotatable bonds is 2. The van der Waals surface area contributed by atoms with Crippen LogP contribution in [0.5, 0.6) is 5.75 Å². The molecule has 1 rings (SSSR count). The SMILES string of the molecule is COc1cc(F)cc(C(=O)OC(C)(C)C)c1. The van der Waals surface area contributed by atoms with Gasteiger partial charge >= 0.3 is 5.97 Å². The molecule has 0 aliphatic rings. The van der Waals surface area contributed by atoms with Crippen molar-refractivity contribution < 1.29 is 18.7 Å². The zero-order chi connectivity index (χ0) is 12.3. The molecule has 0 fully saturated rings. The van der Waals surface area contributed by atoms with Gasteiger partial charge in [-0.1, -0.05) is 0 Å². The minimum atomic E-state index is -0.601. The van der Waals surface area contributed by atoms with Crippen molar-refractivity contribution in [3.8, 4) is 5.75 Å². The van der Waals surface area contributed by atoms with Crippen molar-refractivity contribution in [2.45, 2.75) is 26.4 Å². The second-order valence-corrected chi connectivity index (χ2v) is 4.38. The molecule has 1 aromatic carbocycles. The topological polar surface area (TPSA) is 35.5 Å². The van der Waals surface area contributed by atoms with E-state index >= 15 is 0 Å². The largest absolute Gasteiger partial charge is 0.497 e. The highest BCUT2D eigenvalue weighted by Crippen LogP contribution is 2.18. The van der Waals surface area contributed by atoms with Crippen molar-refractivity contribution in [3.05, 3.63) is 29.6 Å². The number of carbonyl (C=O) groups is 1. The fraction of sp³-hybridized carbons (Fsp3) is 0.417. The number of esters is 1. The summed E-state index contributed by atoms with van der Waals surface area (Å²) in [4.78, 5) is 11.6. The maximum atomic E-state index is 13.1. The van der Waals surface area contributed by atoms with Crippen LogP contribution in [0.1, 0.15) is 31.1 Å². The highest BCUT2D eigenvalue weighted by Gasteiger charge is 2.18. The Morgan fingerprint density at radius 3 is 2.38 bits per heavy atom. The van der Waals surface area contributed by atoms with E-state index in [1.165, 1.54) is 19.2 Å². The lowest BCUT2D eigenvalue weighted by Crippen LogP contribution is -2.23. The molecule has 0 atom stereocenters. The summed E-state index contributed by atoms with van der Waals surface area (Å²) < 4.78 is 23.1. The summed E-state index contributed by atoms with van der Waals surface area (Å²) in [5, 5.41) is 0. The summed E-state index contributed by atoms with van der Waals surface area (Å²) in [5.41, 5.74) is -0.455. The molecule has 1 aromatic rings. The molecule has 88 valence electrons. The van der Waals surface area contributed by atoms with Gasteiger partial charge in [0.25, 0.3) is 0 Å². The third-order valence-corrected chi connectivity index (χ3v) is 1.74. The summed E-state index contributed by atoms with van der Waals surface area (Å²) in [7, 11) is 1.41. The zero-order valence-electron chi connectivity index (χ0n) is 9.83. The van der Waals surface area contributed by atoms with Gasteiger partial charge in [0.1, 0.15) is 17.2 Å². The molecular formula is C12H15FO3. The van der Waals surface area contributed by atoms with Crippen molar-refractivity contribution in [2.24, 2.45) is 0 Å². The Morgan fingerprint density at radius 2 is 1.88 bits per heavy atom. The van der Waals surface area contributed by atoms with Crippen LogP contribution in [0.15, 0.2) is 18.2 Å². The zero-order valence-corrected chi connectivity index (χ0v) is 9.83. The molecule has 4 heteroatoms. The first-order chi connectivity index (χ1) is 7.31. The first-order valence-electron chi connectivity index (χ1n) is 4.90. The van der Waals surface area contributed by atoms with Gasteiger partial charge in [-0.15, -0.1) is 0 Å². The van der Waals surface area contributed by atoms with Gasteiger partial charge in [0.15, 0.2) is 0 Å². The maximum Gasteiger partial charge on any atom is 0.338 e. The lowest BCUT2D eigenvalue weighted by molar-refractivity contribution is 0.00686. The summed E-state index contributed by atoms with van der Waals surface area (Å²) in [6, 6.07) is 3.77. The molecule has 0 heterocycles. The van der Waals surface area contributed by atoms with Crippen LogP contribution in [-0.2, 0) is 4.74 Å². The molecule has 0 aliphatic carbocycles. The van der Waals surface area contributed by atoms with Crippen molar-refractivity contribution in [1.29, 1.82) is 0 Å². The number of halogens is 1. The Hall–Kier alpha value is -1.58. The van der Waals surface area contributed by atoms with Gasteiger partial charge in [-0.2, -0.15) is 0 Å². The number of ether oxygens (including phenoxy) is 2. The molecule has 0 amide bonds. The number of hydrogen-bond acceptors (Lipinski definition) is 3. The van der Waals surface area contributed by atoms with Gasteiger partial charge in [-0.25, -0.2) is 9.18 Å². The van der Waals surface area contributed by atoms with Gasteiger partial charge in [-0.3, -0.25) is 0 Å². The second-order valence-electron chi connectivity index (χ2n) is 4.38. The van der Waals surface area contributed by atoms with Crippen LogP contribution >= 0.6 is 0 Å². The second kappa shape index (κ2) is 4.51. The fourth-order valence-electron chi connectivity index (χ4n) is 1.14. The van der Waals surface area contributed by atoms with E-state index in [1.807, 2.05) is 0 Å². The Labute approximate surface area is 94.2 Å². The Kier molecular flexibility index (Phi) is 3.52. The van der Waals surface area contributed by atoms with Gasteiger partial charge in [0.2, 0.25) is 0 Å². The molecule has 0 spiro atoms. The third kappa shape index (κ3) is 3.53. The summed E-state index contributed by atoms with van der Waals surface area (Å²) in [6.45, 7) is 5.25. The first kappa shape index (κ1) is 12.5. The lowest BCUT2D eigenvalue weighted by Gasteiger charge is -2.19. The quantitative estimate of drug-likeness (QED) is 0.727. The van der Waals surface area contributed by atoms with Crippen LogP contribution in [0, 0.1) is 5.82 Å². The number of carbonyl (C=O) groups excluding carboxylic acids is 1. The van der Waals surface area contributed by atoms with Gasteiger partial charge in [0.05, 0.1) is 12.7 Å². The highest BCUT2D eigenvalue weighted by atomic mass is 19.1. The van der Waals surface area contributed by atoms with Crippen LogP contribution in [0.3, 0.4) is 0 Å². The van der Waals surface area contributed by atoms with Crippen LogP contribution < -0.4 is 4.74 Å². The average Bonchev–Trinajstić information content (AvgIpc) is 2.14. The maximum absolute atomic E-state index is 13.1. The Bertz CT molecular complexity index is 394. The molecular weight excluding hydrogens is 211 g/mol. The summed E-state index contributed by atoms with van der Waals surface area (Å²) in [6.07, 6.45) is 0. The third-order valence-electron chi connectivity index (χ3n) is 1.74. The molecule has 0 unspecified atom stereocenters. The Morgan fingerprint density at radius 1 is 1.25 bits per heavy atom. The number of hydrogen-bond donors (Lipinski definition) is 0. The lowest BCUT2D eigenvalue weighted by atomic mass is 10.1. The molecule has 0 N–H and O–H groups in total. The van der Waals surface area contributed by atoms with E-state index in [-0.39, 0.29) is 5.56 Å². The Balaban J connectivity index is 2.95. The van der Waals surface area contributed by atoms with E-state index in [0.717, 1.165) is 6.07 Å². The number of methoxy groups -OCH3 is 1. The van der Waals surface area contributed by atoms with Gasteiger partial charge < -0.3 is 9.47 Å². The van der Waals surface area contributed by atoms with Crippen LogP contribution in [0.2, 0.25) is 0 Å². The van der Waals surface area contributed by atoms with E-state index in [4.69, 9.17) is 9.47 Å². The normalized spacial score (nSPS) is 11.1. The smallest absolute Gasteiger partial charge is 0.338 e. The summed E-state index contributed by atoms with van der Waals surface area (Å²) in [5.74, 6) is -0.800. The van der Waals surface area contributed by atoms with Crippen molar-refractivity contribution in [1.82, 2.24) is 0 Å². The molecule has 0 bridgehead atoms. The average molecular weight is 226 g/mol. The van der Waals surface area contributed by atoms with Crippen LogP contribution in [0.4, 0.5) is 4.39 Å². The van der Waals surface area contributed by atoms with E-state index in [2.05, 4.69) is 0 Å². The highest BCUT2D eigenvalue weighted by molar-refractivity contribution is 5.90. The monoisotopic (exact) mass is 226 g/mol. The standard InChI is InChI=1S/C12H15FO3/c1-12(2,3)16-11(14)8-5-9(13)7-10(6-8)15-4/h5-7H,1-4H3. The van der Waals surface area contributed by atoms with Gasteiger partial charge in [-0.05, 0) is 32.9 Å². The molecule has 0 saturated carbocycles.